The molecule has 25 heavy (non-hydrogen) atoms. The third-order valence-electron chi connectivity index (χ3n) is 3.61. The minimum Gasteiger partial charge on any atom is -0.302 e. The van der Waals surface area contributed by atoms with Gasteiger partial charge in [0.2, 0.25) is 0 Å². The van der Waals surface area contributed by atoms with E-state index in [-0.39, 0.29) is 14.7 Å². The van der Waals surface area contributed by atoms with Gasteiger partial charge in [-0.15, -0.1) is 0 Å². The molecule has 0 fully saturated rings. The Morgan fingerprint density at radius 1 is 0.960 bits per heavy atom. The second-order valence-electron chi connectivity index (χ2n) is 5.46. The number of nitrogens with one attached hydrogen (secondary N) is 1. The highest BCUT2D eigenvalue weighted by atomic mass is 32.2. The van der Waals surface area contributed by atoms with Gasteiger partial charge in [-0.3, -0.25) is 9.52 Å². The summed E-state index contributed by atoms with van der Waals surface area (Å²) < 4.78 is 52.4. The van der Waals surface area contributed by atoms with Crippen molar-refractivity contribution in [2.24, 2.45) is 7.05 Å². The van der Waals surface area contributed by atoms with E-state index in [1.54, 1.807) is 25.2 Å². The van der Waals surface area contributed by atoms with Gasteiger partial charge in [0.15, 0.2) is 9.84 Å². The van der Waals surface area contributed by atoms with E-state index in [2.05, 4.69) is 4.72 Å². The molecule has 0 radical (unpaired) electrons. The zero-order valence-corrected chi connectivity index (χ0v) is 15.7. The third-order valence-corrected chi connectivity index (χ3v) is 7.13. The van der Waals surface area contributed by atoms with Crippen molar-refractivity contribution in [1.82, 2.24) is 4.57 Å². The van der Waals surface area contributed by atoms with E-state index in [1.807, 2.05) is 0 Å². The fraction of sp³-hybridized carbons (Fsp3) is 0.133. The van der Waals surface area contributed by atoms with Gasteiger partial charge in [-0.05, 0) is 42.5 Å². The molecule has 0 aliphatic heterocycles. The molecule has 1 heterocycles. The Balaban J connectivity index is 1.94. The molecular formula is C15H14N2O5S3. The SMILES string of the molecule is Cn1c(=O)sc2cc(NS(=O)(=O)c3ccc(S(C)(=O)=O)cc3)ccc21. The van der Waals surface area contributed by atoms with Crippen LogP contribution in [0, 0.1) is 0 Å². The molecule has 0 aliphatic carbocycles. The van der Waals surface area contributed by atoms with Crippen molar-refractivity contribution in [2.45, 2.75) is 9.79 Å². The van der Waals surface area contributed by atoms with Crippen LogP contribution in [0.5, 0.6) is 0 Å². The van der Waals surface area contributed by atoms with Crippen LogP contribution in [0.4, 0.5) is 5.69 Å². The number of rotatable bonds is 4. The van der Waals surface area contributed by atoms with Gasteiger partial charge in [-0.1, -0.05) is 11.3 Å². The number of fused-ring (bicyclic) bond motifs is 1. The average Bonchev–Trinajstić information content (AvgIpc) is 2.80. The number of hydrogen-bond donors (Lipinski definition) is 1. The van der Waals surface area contributed by atoms with Crippen LogP contribution in [0.15, 0.2) is 57.1 Å². The lowest BCUT2D eigenvalue weighted by Gasteiger charge is -2.09. The maximum absolute atomic E-state index is 12.4. The molecule has 0 saturated carbocycles. The number of benzene rings is 2. The summed E-state index contributed by atoms with van der Waals surface area (Å²) >= 11 is 1.03. The summed E-state index contributed by atoms with van der Waals surface area (Å²) in [6.45, 7) is 0. The lowest BCUT2D eigenvalue weighted by Crippen LogP contribution is -2.13. The maximum Gasteiger partial charge on any atom is 0.307 e. The van der Waals surface area contributed by atoms with E-state index < -0.39 is 19.9 Å². The maximum atomic E-state index is 12.4. The van der Waals surface area contributed by atoms with Gasteiger partial charge in [0, 0.05) is 13.3 Å². The zero-order chi connectivity index (χ0) is 18.4. The Morgan fingerprint density at radius 3 is 2.16 bits per heavy atom. The van der Waals surface area contributed by atoms with Crippen LogP contribution < -0.4 is 9.60 Å². The minimum absolute atomic E-state index is 0.0435. The molecule has 3 aromatic rings. The molecule has 2 aromatic carbocycles. The molecule has 0 bridgehead atoms. The molecule has 0 spiro atoms. The van der Waals surface area contributed by atoms with E-state index in [9.17, 15) is 21.6 Å². The lowest BCUT2D eigenvalue weighted by atomic mass is 10.3. The summed E-state index contributed by atoms with van der Waals surface area (Å²) in [6.07, 6.45) is 1.05. The molecule has 0 atom stereocenters. The molecule has 0 amide bonds. The molecule has 0 saturated heterocycles. The van der Waals surface area contributed by atoms with E-state index in [4.69, 9.17) is 0 Å². The van der Waals surface area contributed by atoms with E-state index in [1.165, 1.54) is 28.8 Å². The fourth-order valence-corrected chi connectivity index (χ4v) is 4.88. The number of thiazole rings is 1. The van der Waals surface area contributed by atoms with E-state index in [0.29, 0.717) is 10.4 Å². The molecule has 1 N–H and O–H groups in total. The summed E-state index contributed by atoms with van der Waals surface area (Å²) in [5, 5.41) is 0. The summed E-state index contributed by atoms with van der Waals surface area (Å²) in [5.74, 6) is 0. The van der Waals surface area contributed by atoms with Crippen molar-refractivity contribution >= 4 is 47.1 Å². The molecule has 10 heteroatoms. The molecule has 0 unspecified atom stereocenters. The van der Waals surface area contributed by atoms with Crippen LogP contribution in [0.25, 0.3) is 10.2 Å². The number of nitrogens with zero attached hydrogens (tertiary/aromatic N) is 1. The normalized spacial score (nSPS) is 12.4. The van der Waals surface area contributed by atoms with Gasteiger partial charge in [0.25, 0.3) is 10.0 Å². The third kappa shape index (κ3) is 3.46. The molecule has 7 nitrogen and oxygen atoms in total. The minimum atomic E-state index is -3.87. The monoisotopic (exact) mass is 398 g/mol. The smallest absolute Gasteiger partial charge is 0.302 e. The average molecular weight is 398 g/mol. The highest BCUT2D eigenvalue weighted by molar-refractivity contribution is 7.92. The first-order valence-corrected chi connectivity index (χ1v) is 11.2. The van der Waals surface area contributed by atoms with Gasteiger partial charge in [0.05, 0.1) is 25.7 Å². The number of hydrogen-bond acceptors (Lipinski definition) is 6. The van der Waals surface area contributed by atoms with E-state index in [0.717, 1.165) is 23.1 Å². The summed E-state index contributed by atoms with van der Waals surface area (Å²) in [4.78, 5) is 11.5. The van der Waals surface area contributed by atoms with Gasteiger partial charge < -0.3 is 4.57 Å². The summed E-state index contributed by atoms with van der Waals surface area (Å²) in [6, 6.07) is 9.78. The Bertz CT molecular complexity index is 1220. The van der Waals surface area contributed by atoms with Crippen LogP contribution in [0.2, 0.25) is 0 Å². The van der Waals surface area contributed by atoms with Crippen LogP contribution in [0.1, 0.15) is 0 Å². The van der Waals surface area contributed by atoms with Crippen LogP contribution in [-0.2, 0) is 26.9 Å². The zero-order valence-electron chi connectivity index (χ0n) is 13.3. The predicted molar refractivity (Wildman–Crippen MR) is 97.4 cm³/mol. The number of sulfonamides is 1. The Morgan fingerprint density at radius 2 is 1.56 bits per heavy atom. The topological polar surface area (TPSA) is 102 Å². The molecular weight excluding hydrogens is 384 g/mol. The summed E-state index contributed by atoms with van der Waals surface area (Å²) in [7, 11) is -5.62. The number of anilines is 1. The standard InChI is InChI=1S/C15H14N2O5S3/c1-17-13-8-3-10(9-14(13)23-15(17)18)16-25(21,22)12-6-4-11(5-7-12)24(2,19)20/h3-9,16H,1-2H3. The highest BCUT2D eigenvalue weighted by Gasteiger charge is 2.16. The van der Waals surface area contributed by atoms with Crippen molar-refractivity contribution < 1.29 is 16.8 Å². The lowest BCUT2D eigenvalue weighted by molar-refractivity contribution is 0.597. The molecule has 132 valence electrons. The second kappa shape index (κ2) is 5.97. The van der Waals surface area contributed by atoms with Crippen LogP contribution in [-0.4, -0.2) is 27.7 Å². The Hall–Kier alpha value is -2.17. The van der Waals surface area contributed by atoms with E-state index >= 15 is 0 Å². The number of sulfone groups is 1. The van der Waals surface area contributed by atoms with Crippen molar-refractivity contribution in [3.05, 3.63) is 52.1 Å². The van der Waals surface area contributed by atoms with Crippen molar-refractivity contribution in [2.75, 3.05) is 11.0 Å². The highest BCUT2D eigenvalue weighted by Crippen LogP contribution is 2.24. The Kier molecular flexibility index (Phi) is 4.21. The predicted octanol–water partition coefficient (Wildman–Crippen LogP) is 1.80. The van der Waals surface area contributed by atoms with Crippen LogP contribution >= 0.6 is 11.3 Å². The first-order valence-electron chi connectivity index (χ1n) is 7.00. The van der Waals surface area contributed by atoms with Gasteiger partial charge in [0.1, 0.15) is 0 Å². The number of aryl methyl sites for hydroxylation is 1. The van der Waals surface area contributed by atoms with Crippen molar-refractivity contribution in [1.29, 1.82) is 0 Å². The second-order valence-corrected chi connectivity index (χ2v) is 10.1. The number of aromatic nitrogens is 1. The first-order chi connectivity index (χ1) is 11.6. The summed E-state index contributed by atoms with van der Waals surface area (Å²) in [5.41, 5.74) is 1.04. The van der Waals surface area contributed by atoms with Gasteiger partial charge in [-0.25, -0.2) is 16.8 Å². The quantitative estimate of drug-likeness (QED) is 0.722. The molecule has 3 rings (SSSR count). The Labute approximate surface area is 148 Å². The molecule has 1 aromatic heterocycles. The largest absolute Gasteiger partial charge is 0.307 e. The van der Waals surface area contributed by atoms with Gasteiger partial charge >= 0.3 is 4.87 Å². The van der Waals surface area contributed by atoms with Gasteiger partial charge in [-0.2, -0.15) is 0 Å². The first kappa shape index (κ1) is 17.6. The van der Waals surface area contributed by atoms with Crippen LogP contribution in [0.3, 0.4) is 0 Å². The molecule has 0 aliphatic rings. The fourth-order valence-electron chi connectivity index (χ4n) is 2.28. The van der Waals surface area contributed by atoms with Crippen molar-refractivity contribution in [3.63, 3.8) is 0 Å². The van der Waals surface area contributed by atoms with Crippen molar-refractivity contribution in [3.8, 4) is 0 Å².